The molecule has 1 saturated heterocycles. The lowest BCUT2D eigenvalue weighted by Crippen LogP contribution is -2.26. The van der Waals surface area contributed by atoms with Crippen molar-refractivity contribution in [3.63, 3.8) is 0 Å². The van der Waals surface area contributed by atoms with E-state index in [0.717, 1.165) is 52.8 Å². The van der Waals surface area contributed by atoms with Gasteiger partial charge in [0.2, 0.25) is 0 Å². The molecule has 1 aliphatic heterocycles. The van der Waals surface area contributed by atoms with E-state index in [1.807, 2.05) is 18.3 Å². The first-order valence-electron chi connectivity index (χ1n) is 8.78. The fourth-order valence-corrected chi connectivity index (χ4v) is 4.76. The number of thiazole rings is 1. The molecule has 140 valence electrons. The summed E-state index contributed by atoms with van der Waals surface area (Å²) in [7, 11) is 1.79. The van der Waals surface area contributed by atoms with Gasteiger partial charge in [-0.1, -0.05) is 0 Å². The summed E-state index contributed by atoms with van der Waals surface area (Å²) in [6.45, 7) is 2.10. The van der Waals surface area contributed by atoms with Gasteiger partial charge in [-0.25, -0.2) is 9.37 Å². The Hall–Kier alpha value is -2.09. The third kappa shape index (κ3) is 3.31. The molecule has 1 N–H and O–H groups in total. The molecular weight excluding hydrogens is 385 g/mol. The van der Waals surface area contributed by atoms with Crippen LogP contribution in [0.4, 0.5) is 4.39 Å². The summed E-state index contributed by atoms with van der Waals surface area (Å²) in [5, 5.41) is 9.52. The molecule has 27 heavy (non-hydrogen) atoms. The highest BCUT2D eigenvalue weighted by atomic mass is 35.5. The Balaban J connectivity index is 0.00000180. The van der Waals surface area contributed by atoms with Gasteiger partial charge < -0.3 is 5.32 Å². The van der Waals surface area contributed by atoms with Crippen molar-refractivity contribution >= 4 is 44.9 Å². The Morgan fingerprint density at radius 2 is 2.04 bits per heavy atom. The number of nitrogens with zero attached hydrogens (tertiary/aromatic N) is 4. The van der Waals surface area contributed by atoms with Crippen molar-refractivity contribution in [2.75, 3.05) is 13.1 Å². The second-order valence-electron chi connectivity index (χ2n) is 6.81. The van der Waals surface area contributed by atoms with Crippen molar-refractivity contribution in [2.45, 2.75) is 18.8 Å². The number of halogens is 2. The maximum atomic E-state index is 14.4. The topological polar surface area (TPSA) is 55.6 Å². The lowest BCUT2D eigenvalue weighted by atomic mass is 9.99. The molecule has 1 aromatic carbocycles. The summed E-state index contributed by atoms with van der Waals surface area (Å²) in [5.41, 5.74) is 2.85. The monoisotopic (exact) mass is 403 g/mol. The molecule has 0 bridgehead atoms. The van der Waals surface area contributed by atoms with Crippen LogP contribution in [-0.4, -0.2) is 32.8 Å². The summed E-state index contributed by atoms with van der Waals surface area (Å²) < 4.78 is 17.1. The molecule has 3 aromatic heterocycles. The lowest BCUT2D eigenvalue weighted by molar-refractivity contribution is 0.459. The Labute approximate surface area is 166 Å². The quantitative estimate of drug-likeness (QED) is 0.543. The normalized spacial score (nSPS) is 15.3. The second-order valence-corrected chi connectivity index (χ2v) is 7.87. The van der Waals surface area contributed by atoms with Crippen LogP contribution in [0.2, 0.25) is 0 Å². The van der Waals surface area contributed by atoms with Gasteiger partial charge >= 0.3 is 0 Å². The molecule has 1 fully saturated rings. The molecule has 0 aliphatic carbocycles. The van der Waals surface area contributed by atoms with E-state index in [9.17, 15) is 4.39 Å². The van der Waals surface area contributed by atoms with Crippen molar-refractivity contribution in [1.82, 2.24) is 25.1 Å². The Morgan fingerprint density at radius 3 is 2.85 bits per heavy atom. The zero-order valence-electron chi connectivity index (χ0n) is 14.8. The van der Waals surface area contributed by atoms with Crippen LogP contribution >= 0.6 is 23.7 Å². The van der Waals surface area contributed by atoms with Gasteiger partial charge in [0.1, 0.15) is 5.52 Å². The van der Waals surface area contributed by atoms with Gasteiger partial charge in [-0.2, -0.15) is 5.10 Å². The first-order chi connectivity index (χ1) is 12.7. The molecule has 5 rings (SSSR count). The maximum absolute atomic E-state index is 14.4. The molecular formula is C19H19ClFN5S. The number of hydrogen-bond acceptors (Lipinski definition) is 5. The number of aromatic nitrogens is 4. The third-order valence-electron chi connectivity index (χ3n) is 4.95. The Morgan fingerprint density at radius 1 is 1.22 bits per heavy atom. The molecule has 4 aromatic rings. The largest absolute Gasteiger partial charge is 0.317 e. The standard InChI is InChI=1S/C19H18FN5S.ClH/c1-25-10-13-6-12(7-14(20)18(13)24-25)15-8-17-16(9-22-15)23-19(26-17)11-2-4-21-5-3-11;/h6-11,21H,2-5H2,1H3;1H. The van der Waals surface area contributed by atoms with Gasteiger partial charge in [0, 0.05) is 30.1 Å². The van der Waals surface area contributed by atoms with Crippen LogP contribution in [-0.2, 0) is 7.05 Å². The summed E-state index contributed by atoms with van der Waals surface area (Å²) >= 11 is 1.74. The highest BCUT2D eigenvalue weighted by molar-refractivity contribution is 7.18. The van der Waals surface area contributed by atoms with Crippen molar-refractivity contribution < 1.29 is 4.39 Å². The third-order valence-corrected chi connectivity index (χ3v) is 6.13. The molecule has 5 nitrogen and oxygen atoms in total. The van der Waals surface area contributed by atoms with Crippen LogP contribution in [0, 0.1) is 5.82 Å². The van der Waals surface area contributed by atoms with Gasteiger partial charge in [-0.05, 0) is 44.1 Å². The molecule has 0 amide bonds. The van der Waals surface area contributed by atoms with Crippen molar-refractivity contribution in [3.8, 4) is 11.3 Å². The average molecular weight is 404 g/mol. The van der Waals surface area contributed by atoms with Crippen LogP contribution in [0.5, 0.6) is 0 Å². The summed E-state index contributed by atoms with van der Waals surface area (Å²) in [6, 6.07) is 5.47. The molecule has 0 saturated carbocycles. The fraction of sp³-hybridized carbons (Fsp3) is 0.316. The zero-order valence-corrected chi connectivity index (χ0v) is 16.4. The Bertz CT molecular complexity index is 1120. The number of fused-ring (bicyclic) bond motifs is 2. The predicted octanol–water partition coefficient (Wildman–Crippen LogP) is 4.27. The van der Waals surface area contributed by atoms with Crippen molar-refractivity contribution in [1.29, 1.82) is 0 Å². The van der Waals surface area contributed by atoms with Crippen LogP contribution < -0.4 is 5.32 Å². The number of pyridine rings is 1. The molecule has 8 heteroatoms. The summed E-state index contributed by atoms with van der Waals surface area (Å²) in [5.74, 6) is 0.209. The number of piperidine rings is 1. The van der Waals surface area contributed by atoms with Gasteiger partial charge in [0.25, 0.3) is 0 Å². The van der Waals surface area contributed by atoms with Gasteiger partial charge in [0.05, 0.1) is 27.1 Å². The van der Waals surface area contributed by atoms with E-state index in [0.29, 0.717) is 11.4 Å². The zero-order chi connectivity index (χ0) is 17.7. The highest BCUT2D eigenvalue weighted by Gasteiger charge is 2.19. The molecule has 0 radical (unpaired) electrons. The van der Waals surface area contributed by atoms with Gasteiger partial charge in [-0.15, -0.1) is 23.7 Å². The minimum Gasteiger partial charge on any atom is -0.317 e. The van der Waals surface area contributed by atoms with E-state index >= 15 is 0 Å². The SMILES string of the molecule is Cl.Cn1cc2cc(-c3cc4sc(C5CCNCC5)nc4cn3)cc(F)c2n1. The number of benzene rings is 1. The average Bonchev–Trinajstić information content (AvgIpc) is 3.24. The predicted molar refractivity (Wildman–Crippen MR) is 109 cm³/mol. The summed E-state index contributed by atoms with van der Waals surface area (Å²) in [6.07, 6.45) is 5.88. The number of rotatable bonds is 2. The lowest BCUT2D eigenvalue weighted by Gasteiger charge is -2.20. The van der Waals surface area contributed by atoms with E-state index in [1.165, 1.54) is 11.1 Å². The van der Waals surface area contributed by atoms with Crippen molar-refractivity contribution in [3.05, 3.63) is 41.4 Å². The smallest absolute Gasteiger partial charge is 0.151 e. The van der Waals surface area contributed by atoms with E-state index in [1.54, 1.807) is 29.3 Å². The van der Waals surface area contributed by atoms with E-state index in [4.69, 9.17) is 4.98 Å². The first kappa shape index (κ1) is 18.3. The Kier molecular flexibility index (Phi) is 4.84. The fourth-order valence-electron chi connectivity index (χ4n) is 3.61. The maximum Gasteiger partial charge on any atom is 0.151 e. The number of hydrogen-bond donors (Lipinski definition) is 1. The number of nitrogens with one attached hydrogen (secondary N) is 1. The van der Waals surface area contributed by atoms with Crippen LogP contribution in [0.15, 0.2) is 30.6 Å². The minimum atomic E-state index is -0.320. The second kappa shape index (κ2) is 7.14. The first-order valence-corrected chi connectivity index (χ1v) is 9.59. The summed E-state index contributed by atoms with van der Waals surface area (Å²) in [4.78, 5) is 9.31. The molecule has 1 aliphatic rings. The van der Waals surface area contributed by atoms with E-state index in [-0.39, 0.29) is 18.2 Å². The van der Waals surface area contributed by atoms with Crippen LogP contribution in [0.1, 0.15) is 23.8 Å². The van der Waals surface area contributed by atoms with Crippen LogP contribution in [0.3, 0.4) is 0 Å². The molecule has 0 spiro atoms. The van der Waals surface area contributed by atoms with Gasteiger partial charge in [0.15, 0.2) is 5.82 Å². The highest BCUT2D eigenvalue weighted by Crippen LogP contribution is 2.34. The van der Waals surface area contributed by atoms with Crippen LogP contribution in [0.25, 0.3) is 32.4 Å². The molecule has 4 heterocycles. The van der Waals surface area contributed by atoms with Gasteiger partial charge in [-0.3, -0.25) is 9.67 Å². The van der Waals surface area contributed by atoms with Crippen molar-refractivity contribution in [2.24, 2.45) is 7.05 Å². The van der Waals surface area contributed by atoms with E-state index in [2.05, 4.69) is 15.4 Å². The minimum absolute atomic E-state index is 0. The van der Waals surface area contributed by atoms with E-state index < -0.39 is 0 Å². The molecule has 0 atom stereocenters. The number of aryl methyl sites for hydroxylation is 1. The molecule has 0 unspecified atom stereocenters.